The van der Waals surface area contributed by atoms with Gasteiger partial charge in [-0.2, -0.15) is 0 Å². The van der Waals surface area contributed by atoms with Gasteiger partial charge in [-0.3, -0.25) is 0 Å². The number of aliphatic hydroxyl groups is 2. The van der Waals surface area contributed by atoms with Gasteiger partial charge in [0.05, 0.1) is 36.0 Å². The molecule has 1 heterocycles. The van der Waals surface area contributed by atoms with Crippen LogP contribution in [0, 0.1) is 0 Å². The first kappa shape index (κ1) is 12.3. The third-order valence-corrected chi connectivity index (χ3v) is 3.20. The molecule has 5 heteroatoms. The van der Waals surface area contributed by atoms with Crippen molar-refractivity contribution in [1.82, 2.24) is 4.98 Å². The Morgan fingerprint density at radius 1 is 1.24 bits per heavy atom. The molecule has 0 bridgehead atoms. The number of hydrogen-bond donors (Lipinski definition) is 2. The summed E-state index contributed by atoms with van der Waals surface area (Å²) in [4.78, 5) is 4.31. The number of benzene rings is 1. The lowest BCUT2D eigenvalue weighted by Gasteiger charge is -2.09. The Hall–Kier alpha value is -1.17. The predicted octanol–water partition coefficient (Wildman–Crippen LogP) is 1.99. The molecular formula is C12H12BrNO3. The van der Waals surface area contributed by atoms with Crippen molar-refractivity contribution in [3.8, 4) is 5.75 Å². The normalized spacial score (nSPS) is 10.8. The van der Waals surface area contributed by atoms with Crippen LogP contribution in [-0.4, -0.2) is 22.3 Å². The van der Waals surface area contributed by atoms with Crippen molar-refractivity contribution in [2.45, 2.75) is 13.2 Å². The van der Waals surface area contributed by atoms with Crippen molar-refractivity contribution in [3.63, 3.8) is 0 Å². The zero-order valence-electron chi connectivity index (χ0n) is 9.27. The van der Waals surface area contributed by atoms with E-state index in [0.29, 0.717) is 17.0 Å². The average molecular weight is 298 g/mol. The molecule has 0 amide bonds. The van der Waals surface area contributed by atoms with Crippen LogP contribution in [0.2, 0.25) is 0 Å². The predicted molar refractivity (Wildman–Crippen MR) is 67.8 cm³/mol. The van der Waals surface area contributed by atoms with Crippen LogP contribution in [0.3, 0.4) is 0 Å². The molecule has 4 nitrogen and oxygen atoms in total. The van der Waals surface area contributed by atoms with E-state index in [0.717, 1.165) is 15.4 Å². The third-order valence-electron chi connectivity index (χ3n) is 2.58. The van der Waals surface area contributed by atoms with E-state index in [2.05, 4.69) is 20.9 Å². The summed E-state index contributed by atoms with van der Waals surface area (Å²) >= 11 is 3.38. The van der Waals surface area contributed by atoms with Crippen LogP contribution in [0.1, 0.15) is 11.3 Å². The standard InChI is InChI=1S/C12H12BrNO3/c1-17-12-3-7-2-8(5-15)11(6-16)14-10(7)4-9(12)13/h2-4,15-16H,5-6H2,1H3. The number of ether oxygens (including phenoxy) is 1. The minimum Gasteiger partial charge on any atom is -0.496 e. The van der Waals surface area contributed by atoms with E-state index in [4.69, 9.17) is 9.84 Å². The van der Waals surface area contributed by atoms with Gasteiger partial charge in [0, 0.05) is 10.9 Å². The molecule has 0 aliphatic rings. The van der Waals surface area contributed by atoms with Gasteiger partial charge in [0.15, 0.2) is 0 Å². The highest BCUT2D eigenvalue weighted by Crippen LogP contribution is 2.30. The summed E-state index contributed by atoms with van der Waals surface area (Å²) < 4.78 is 6.00. The SMILES string of the molecule is COc1cc2cc(CO)c(CO)nc2cc1Br. The Labute approximate surface area is 107 Å². The number of fused-ring (bicyclic) bond motifs is 1. The van der Waals surface area contributed by atoms with Crippen LogP contribution in [0.4, 0.5) is 0 Å². The first-order chi connectivity index (χ1) is 8.19. The van der Waals surface area contributed by atoms with Crippen molar-refractivity contribution < 1.29 is 14.9 Å². The lowest BCUT2D eigenvalue weighted by Crippen LogP contribution is -1.99. The third kappa shape index (κ3) is 2.26. The number of rotatable bonds is 3. The molecular weight excluding hydrogens is 286 g/mol. The lowest BCUT2D eigenvalue weighted by atomic mass is 10.1. The van der Waals surface area contributed by atoms with Gasteiger partial charge in [-0.25, -0.2) is 4.98 Å². The molecule has 0 fully saturated rings. The van der Waals surface area contributed by atoms with Crippen molar-refractivity contribution in [3.05, 3.63) is 33.9 Å². The maximum Gasteiger partial charge on any atom is 0.133 e. The zero-order valence-corrected chi connectivity index (χ0v) is 10.9. The van der Waals surface area contributed by atoms with Gasteiger partial charge in [0.1, 0.15) is 5.75 Å². The average Bonchev–Trinajstić information content (AvgIpc) is 2.36. The number of pyridine rings is 1. The maximum absolute atomic E-state index is 9.20. The van der Waals surface area contributed by atoms with E-state index >= 15 is 0 Å². The summed E-state index contributed by atoms with van der Waals surface area (Å²) in [6.45, 7) is -0.327. The molecule has 17 heavy (non-hydrogen) atoms. The summed E-state index contributed by atoms with van der Waals surface area (Å²) in [7, 11) is 1.59. The molecule has 1 aromatic carbocycles. The number of aliphatic hydroxyl groups excluding tert-OH is 2. The molecule has 90 valence electrons. The first-order valence-electron chi connectivity index (χ1n) is 5.07. The van der Waals surface area contributed by atoms with Crippen LogP contribution >= 0.6 is 15.9 Å². The molecule has 0 saturated carbocycles. The summed E-state index contributed by atoms with van der Waals surface area (Å²) in [5.41, 5.74) is 1.88. The van der Waals surface area contributed by atoms with Crippen molar-refractivity contribution >= 4 is 26.8 Å². The van der Waals surface area contributed by atoms with Gasteiger partial charge in [0.25, 0.3) is 0 Å². The first-order valence-corrected chi connectivity index (χ1v) is 5.86. The Balaban J connectivity index is 2.70. The summed E-state index contributed by atoms with van der Waals surface area (Å²) in [5, 5.41) is 19.2. The number of hydrogen-bond acceptors (Lipinski definition) is 4. The van der Waals surface area contributed by atoms with Gasteiger partial charge in [-0.15, -0.1) is 0 Å². The molecule has 1 aromatic heterocycles. The second-order valence-corrected chi connectivity index (χ2v) is 4.44. The second-order valence-electron chi connectivity index (χ2n) is 3.59. The number of methoxy groups -OCH3 is 1. The summed E-state index contributed by atoms with van der Waals surface area (Å²) in [6.07, 6.45) is 0. The van der Waals surface area contributed by atoms with E-state index in [-0.39, 0.29) is 13.2 Å². The summed E-state index contributed by atoms with van der Waals surface area (Å²) in [6, 6.07) is 5.48. The van der Waals surface area contributed by atoms with Crippen molar-refractivity contribution in [2.24, 2.45) is 0 Å². The fourth-order valence-electron chi connectivity index (χ4n) is 1.69. The number of halogens is 1. The maximum atomic E-state index is 9.20. The van der Waals surface area contributed by atoms with Crippen molar-refractivity contribution in [1.29, 1.82) is 0 Å². The van der Waals surface area contributed by atoms with Crippen LogP contribution in [0.15, 0.2) is 22.7 Å². The van der Waals surface area contributed by atoms with Crippen LogP contribution in [0.25, 0.3) is 10.9 Å². The molecule has 0 spiro atoms. The van der Waals surface area contributed by atoms with Gasteiger partial charge >= 0.3 is 0 Å². The minimum atomic E-state index is -0.185. The molecule has 0 aliphatic heterocycles. The van der Waals surface area contributed by atoms with E-state index in [1.165, 1.54) is 0 Å². The molecule has 0 unspecified atom stereocenters. The number of aromatic nitrogens is 1. The smallest absolute Gasteiger partial charge is 0.133 e. The minimum absolute atomic E-state index is 0.142. The lowest BCUT2D eigenvalue weighted by molar-refractivity contribution is 0.256. The molecule has 0 aliphatic carbocycles. The Bertz CT molecular complexity index is 557. The molecule has 0 radical (unpaired) electrons. The van der Waals surface area contributed by atoms with Gasteiger partial charge in [0.2, 0.25) is 0 Å². The highest BCUT2D eigenvalue weighted by Gasteiger charge is 2.08. The monoisotopic (exact) mass is 297 g/mol. The molecule has 2 rings (SSSR count). The van der Waals surface area contributed by atoms with E-state index in [1.807, 2.05) is 18.2 Å². The fourth-order valence-corrected chi connectivity index (χ4v) is 2.18. The van der Waals surface area contributed by atoms with Crippen LogP contribution in [-0.2, 0) is 13.2 Å². The summed E-state index contributed by atoms with van der Waals surface area (Å²) in [5.74, 6) is 0.708. The molecule has 2 aromatic rings. The highest BCUT2D eigenvalue weighted by molar-refractivity contribution is 9.10. The second kappa shape index (κ2) is 5.00. The largest absolute Gasteiger partial charge is 0.496 e. The van der Waals surface area contributed by atoms with Gasteiger partial charge < -0.3 is 14.9 Å². The van der Waals surface area contributed by atoms with E-state index in [9.17, 15) is 5.11 Å². The van der Waals surface area contributed by atoms with Crippen LogP contribution < -0.4 is 4.74 Å². The molecule has 2 N–H and O–H groups in total. The topological polar surface area (TPSA) is 62.6 Å². The van der Waals surface area contributed by atoms with E-state index < -0.39 is 0 Å². The van der Waals surface area contributed by atoms with E-state index in [1.54, 1.807) is 7.11 Å². The highest BCUT2D eigenvalue weighted by atomic mass is 79.9. The van der Waals surface area contributed by atoms with Gasteiger partial charge in [-0.05, 0) is 34.1 Å². The Morgan fingerprint density at radius 2 is 2.00 bits per heavy atom. The Morgan fingerprint density at radius 3 is 2.59 bits per heavy atom. The number of nitrogens with zero attached hydrogens (tertiary/aromatic N) is 1. The zero-order chi connectivity index (χ0) is 12.4. The molecule has 0 saturated heterocycles. The van der Waals surface area contributed by atoms with Crippen LogP contribution in [0.5, 0.6) is 5.75 Å². The Kier molecular flexibility index (Phi) is 3.61. The quantitative estimate of drug-likeness (QED) is 0.909. The molecule has 0 atom stereocenters. The van der Waals surface area contributed by atoms with Gasteiger partial charge in [-0.1, -0.05) is 0 Å². The fraction of sp³-hybridized carbons (Fsp3) is 0.250. The van der Waals surface area contributed by atoms with Crippen molar-refractivity contribution in [2.75, 3.05) is 7.11 Å².